The van der Waals surface area contributed by atoms with Gasteiger partial charge in [-0.05, 0) is 44.4 Å². The van der Waals surface area contributed by atoms with E-state index in [0.29, 0.717) is 13.1 Å². The topological polar surface area (TPSA) is 49.4 Å². The average Bonchev–Trinajstić information content (AvgIpc) is 2.50. The third-order valence-electron chi connectivity index (χ3n) is 3.57. The Morgan fingerprint density at radius 3 is 2.43 bits per heavy atom. The van der Waals surface area contributed by atoms with Crippen molar-refractivity contribution in [2.75, 3.05) is 13.1 Å². The zero-order valence-electron chi connectivity index (χ0n) is 11.9. The van der Waals surface area contributed by atoms with Gasteiger partial charge < -0.3 is 10.2 Å². The van der Waals surface area contributed by atoms with E-state index in [-0.39, 0.29) is 11.5 Å². The van der Waals surface area contributed by atoms with Crippen LogP contribution < -0.4 is 5.32 Å². The van der Waals surface area contributed by atoms with Gasteiger partial charge in [0.15, 0.2) is 11.6 Å². The van der Waals surface area contributed by atoms with Gasteiger partial charge in [0.25, 0.3) is 5.91 Å². The highest BCUT2D eigenvalue weighted by Crippen LogP contribution is 2.11. The Morgan fingerprint density at radius 2 is 1.81 bits per heavy atom. The molecule has 6 heteroatoms. The summed E-state index contributed by atoms with van der Waals surface area (Å²) in [6.07, 6.45) is 3.05. The van der Waals surface area contributed by atoms with Crippen LogP contribution in [0.5, 0.6) is 0 Å². The van der Waals surface area contributed by atoms with Crippen LogP contribution in [-0.2, 0) is 4.79 Å². The molecule has 1 aliphatic heterocycles. The molecule has 1 atom stereocenters. The number of halogens is 2. The van der Waals surface area contributed by atoms with E-state index in [0.717, 1.165) is 31.4 Å². The van der Waals surface area contributed by atoms with Crippen LogP contribution in [0, 0.1) is 11.6 Å². The minimum atomic E-state index is -1.09. The molecule has 1 aromatic carbocycles. The lowest BCUT2D eigenvalue weighted by molar-refractivity contribution is -0.133. The summed E-state index contributed by atoms with van der Waals surface area (Å²) in [4.78, 5) is 25.8. The molecule has 114 valence electrons. The number of hydrogen-bond acceptors (Lipinski definition) is 2. The summed E-state index contributed by atoms with van der Waals surface area (Å²) in [6, 6.07) is 2.21. The minimum Gasteiger partial charge on any atom is -0.341 e. The number of nitrogens with one attached hydrogen (secondary N) is 1. The third-order valence-corrected chi connectivity index (χ3v) is 3.57. The first-order valence-electron chi connectivity index (χ1n) is 7.04. The second-order valence-corrected chi connectivity index (χ2v) is 5.21. The number of likely N-dealkylation sites (tertiary alicyclic amines) is 1. The number of benzene rings is 1. The Hall–Kier alpha value is -1.98. The summed E-state index contributed by atoms with van der Waals surface area (Å²) in [5.74, 6) is -2.83. The minimum absolute atomic E-state index is 0.00723. The van der Waals surface area contributed by atoms with Gasteiger partial charge >= 0.3 is 0 Å². The van der Waals surface area contributed by atoms with E-state index < -0.39 is 23.6 Å². The lowest BCUT2D eigenvalue weighted by atomic mass is 10.1. The molecule has 0 unspecified atom stereocenters. The molecular formula is C15H18F2N2O2. The van der Waals surface area contributed by atoms with Crippen LogP contribution in [0.25, 0.3) is 0 Å². The molecule has 1 N–H and O–H groups in total. The van der Waals surface area contributed by atoms with Crippen LogP contribution >= 0.6 is 0 Å². The number of piperidine rings is 1. The van der Waals surface area contributed by atoms with E-state index in [1.54, 1.807) is 11.8 Å². The molecule has 0 saturated carbocycles. The smallest absolute Gasteiger partial charge is 0.252 e. The Kier molecular flexibility index (Phi) is 4.88. The number of carbonyl (C=O) groups is 2. The van der Waals surface area contributed by atoms with E-state index in [9.17, 15) is 18.4 Å². The van der Waals surface area contributed by atoms with Gasteiger partial charge in [0.1, 0.15) is 6.04 Å². The van der Waals surface area contributed by atoms with E-state index in [1.165, 1.54) is 6.07 Å². The molecule has 0 aromatic heterocycles. The maximum Gasteiger partial charge on any atom is 0.252 e. The first kappa shape index (κ1) is 15.4. The fourth-order valence-electron chi connectivity index (χ4n) is 2.37. The van der Waals surface area contributed by atoms with Crippen molar-refractivity contribution in [1.29, 1.82) is 0 Å². The van der Waals surface area contributed by atoms with Crippen molar-refractivity contribution < 1.29 is 18.4 Å². The lowest BCUT2D eigenvalue weighted by Gasteiger charge is -2.29. The summed E-state index contributed by atoms with van der Waals surface area (Å²) in [6.45, 7) is 2.99. The van der Waals surface area contributed by atoms with Gasteiger partial charge in [-0.3, -0.25) is 9.59 Å². The summed E-state index contributed by atoms with van der Waals surface area (Å²) >= 11 is 0. The van der Waals surface area contributed by atoms with Crippen LogP contribution in [0.15, 0.2) is 18.2 Å². The Labute approximate surface area is 122 Å². The molecule has 21 heavy (non-hydrogen) atoms. The van der Waals surface area contributed by atoms with Gasteiger partial charge in [-0.1, -0.05) is 0 Å². The lowest BCUT2D eigenvalue weighted by Crippen LogP contribution is -2.48. The molecule has 0 spiro atoms. The fraction of sp³-hybridized carbons (Fsp3) is 0.467. The van der Waals surface area contributed by atoms with Crippen molar-refractivity contribution >= 4 is 11.8 Å². The van der Waals surface area contributed by atoms with Crippen molar-refractivity contribution in [1.82, 2.24) is 10.2 Å². The highest BCUT2D eigenvalue weighted by molar-refractivity contribution is 5.97. The van der Waals surface area contributed by atoms with Gasteiger partial charge in [-0.15, -0.1) is 0 Å². The molecule has 0 radical (unpaired) electrons. The van der Waals surface area contributed by atoms with Gasteiger partial charge in [0.2, 0.25) is 5.91 Å². The van der Waals surface area contributed by atoms with Gasteiger partial charge in [-0.2, -0.15) is 0 Å². The van der Waals surface area contributed by atoms with Crippen molar-refractivity contribution in [3.05, 3.63) is 35.4 Å². The van der Waals surface area contributed by atoms with Crippen LogP contribution in [-0.4, -0.2) is 35.8 Å². The number of rotatable bonds is 3. The van der Waals surface area contributed by atoms with Crippen LogP contribution in [0.4, 0.5) is 8.78 Å². The maximum atomic E-state index is 13.1. The molecule has 1 saturated heterocycles. The standard InChI is InChI=1S/C15H18F2N2O2/c1-10(15(21)19-7-3-2-4-8-19)18-14(20)11-5-6-12(16)13(17)9-11/h5-6,9-10H,2-4,7-8H2,1H3,(H,18,20)/t10-/m1/s1. The van der Waals surface area contributed by atoms with E-state index in [2.05, 4.69) is 5.32 Å². The summed E-state index contributed by atoms with van der Waals surface area (Å²) in [5, 5.41) is 2.52. The van der Waals surface area contributed by atoms with E-state index in [4.69, 9.17) is 0 Å². The Bertz CT molecular complexity index is 542. The molecule has 1 aromatic rings. The largest absolute Gasteiger partial charge is 0.341 e. The summed E-state index contributed by atoms with van der Waals surface area (Å²) in [7, 11) is 0. The van der Waals surface area contributed by atoms with Crippen LogP contribution in [0.2, 0.25) is 0 Å². The van der Waals surface area contributed by atoms with Crippen molar-refractivity contribution in [2.24, 2.45) is 0 Å². The first-order valence-corrected chi connectivity index (χ1v) is 7.04. The molecule has 2 amide bonds. The predicted octanol–water partition coefficient (Wildman–Crippen LogP) is 2.10. The van der Waals surface area contributed by atoms with Crippen LogP contribution in [0.1, 0.15) is 36.5 Å². The highest BCUT2D eigenvalue weighted by Gasteiger charge is 2.23. The van der Waals surface area contributed by atoms with E-state index >= 15 is 0 Å². The highest BCUT2D eigenvalue weighted by atomic mass is 19.2. The molecule has 2 rings (SSSR count). The molecular weight excluding hydrogens is 278 g/mol. The summed E-state index contributed by atoms with van der Waals surface area (Å²) in [5.41, 5.74) is -0.00723. The van der Waals surface area contributed by atoms with Gasteiger partial charge in [0, 0.05) is 18.7 Å². The van der Waals surface area contributed by atoms with E-state index in [1.807, 2.05) is 0 Å². The van der Waals surface area contributed by atoms with Crippen molar-refractivity contribution in [2.45, 2.75) is 32.2 Å². The fourth-order valence-corrected chi connectivity index (χ4v) is 2.37. The molecule has 0 aliphatic carbocycles. The Balaban J connectivity index is 1.97. The van der Waals surface area contributed by atoms with Crippen molar-refractivity contribution in [3.8, 4) is 0 Å². The molecule has 0 bridgehead atoms. The predicted molar refractivity (Wildman–Crippen MR) is 73.7 cm³/mol. The molecule has 1 heterocycles. The zero-order chi connectivity index (χ0) is 15.4. The van der Waals surface area contributed by atoms with Crippen molar-refractivity contribution in [3.63, 3.8) is 0 Å². The first-order chi connectivity index (χ1) is 9.99. The number of hydrogen-bond donors (Lipinski definition) is 1. The second-order valence-electron chi connectivity index (χ2n) is 5.21. The monoisotopic (exact) mass is 296 g/mol. The molecule has 1 fully saturated rings. The maximum absolute atomic E-state index is 13.1. The summed E-state index contributed by atoms with van der Waals surface area (Å²) < 4.78 is 25.9. The quantitative estimate of drug-likeness (QED) is 0.928. The molecule has 1 aliphatic rings. The SMILES string of the molecule is C[C@@H](NC(=O)c1ccc(F)c(F)c1)C(=O)N1CCCCC1. The Morgan fingerprint density at radius 1 is 1.14 bits per heavy atom. The normalized spacial score (nSPS) is 16.4. The van der Waals surface area contributed by atoms with Gasteiger partial charge in [-0.25, -0.2) is 8.78 Å². The number of nitrogens with zero attached hydrogens (tertiary/aromatic N) is 1. The average molecular weight is 296 g/mol. The second kappa shape index (κ2) is 6.65. The van der Waals surface area contributed by atoms with Crippen LogP contribution in [0.3, 0.4) is 0 Å². The number of amides is 2. The molecule has 4 nitrogen and oxygen atoms in total. The third kappa shape index (κ3) is 3.77. The van der Waals surface area contributed by atoms with Gasteiger partial charge in [0.05, 0.1) is 0 Å². The zero-order valence-corrected chi connectivity index (χ0v) is 11.9. The number of carbonyl (C=O) groups excluding carboxylic acids is 2.